The van der Waals surface area contributed by atoms with Crippen molar-refractivity contribution in [3.8, 4) is 89.8 Å². The molecule has 0 saturated carbocycles. The van der Waals surface area contributed by atoms with E-state index in [4.69, 9.17) is 14.5 Å². The molecule has 7 aromatic heterocycles. The molecule has 17 aromatic rings. The van der Waals surface area contributed by atoms with Gasteiger partial charge in [-0.2, -0.15) is 0 Å². The van der Waals surface area contributed by atoms with Crippen LogP contribution in [0.2, 0.25) is 0 Å². The number of aliphatic hydroxyl groups is 1. The fourth-order valence-corrected chi connectivity index (χ4v) is 11.8. The van der Waals surface area contributed by atoms with Crippen molar-refractivity contribution in [2.75, 3.05) is 0 Å². The number of hydrogen-bond acceptors (Lipinski definition) is 9. The quantitative estimate of drug-likeness (QED) is 0.0853. The van der Waals surface area contributed by atoms with Gasteiger partial charge in [-0.3, -0.25) is 9.78 Å². The Kier molecular flexibility index (Phi) is 35.7. The molecule has 13 heteroatoms. The molecule has 0 amide bonds. The SMILES string of the molecule is CC(=O)C=C(C)O.Cc1[c-]c(-c2cc(C)c3c(C)cccc3n2)cc(C)c1.Cc1ccc(-c2[c-]cccc2)nc1.Cc1ccc(-c2ccnc(-c3[c-]cccc3)c2)cc1.[Ir].[Ir].[Ir].[Ir].[c-]1cc2oc3ccccc3c2cc1-c1ccccn1.[c-]1ccccc1-c1cc(-c2ccccc2)ccn1.[c-]1ccccc1-c1ccccn1. The number of furan rings is 1. The molecule has 17 rings (SSSR count). The summed E-state index contributed by atoms with van der Waals surface area (Å²) in [6.45, 7) is 15.5. The maximum atomic E-state index is 10.0. The number of para-hydroxylation sites is 1. The number of aliphatic hydroxyl groups excluding tert-OH is 1. The van der Waals surface area contributed by atoms with Crippen LogP contribution in [0.3, 0.4) is 0 Å². The topological polar surface area (TPSA) is 128 Å². The number of aryl methyl sites for hydroxylation is 6. The van der Waals surface area contributed by atoms with Crippen LogP contribution >= 0.6 is 0 Å². The first kappa shape index (κ1) is 88.2. The second kappa shape index (κ2) is 45.3. The summed E-state index contributed by atoms with van der Waals surface area (Å²) in [6.07, 6.45) is 10.3. The Hall–Kier alpha value is -11.0. The predicted molar refractivity (Wildman–Crippen MR) is 442 cm³/mol. The summed E-state index contributed by atoms with van der Waals surface area (Å²) in [5.41, 5.74) is 27.0. The molecule has 0 unspecified atom stereocenters. The molecule has 566 valence electrons. The number of nitrogens with zero attached hydrogens (tertiary/aromatic N) is 6. The van der Waals surface area contributed by atoms with Crippen LogP contribution in [0, 0.1) is 77.9 Å². The minimum atomic E-state index is -0.125. The Morgan fingerprint density at radius 1 is 0.357 bits per heavy atom. The van der Waals surface area contributed by atoms with Crippen LogP contribution in [-0.2, 0) is 85.2 Å². The van der Waals surface area contributed by atoms with Crippen LogP contribution in [0.25, 0.3) is 123 Å². The zero-order chi connectivity index (χ0) is 75.4. The maximum Gasteiger partial charge on any atom is 0.155 e. The number of rotatable bonds is 9. The maximum absolute atomic E-state index is 10.0. The third kappa shape index (κ3) is 26.0. The summed E-state index contributed by atoms with van der Waals surface area (Å²) >= 11 is 0. The zero-order valence-corrected chi connectivity index (χ0v) is 72.6. The number of benzene rings is 10. The molecule has 0 spiro atoms. The van der Waals surface area contributed by atoms with Crippen LogP contribution in [-0.4, -0.2) is 40.8 Å². The molecule has 0 aliphatic heterocycles. The van der Waals surface area contributed by atoms with Crippen LogP contribution in [0.5, 0.6) is 0 Å². The van der Waals surface area contributed by atoms with Crippen molar-refractivity contribution in [3.63, 3.8) is 0 Å². The Morgan fingerprint density at radius 2 is 0.857 bits per heavy atom. The summed E-state index contributed by atoms with van der Waals surface area (Å²) in [7, 11) is 0. The van der Waals surface area contributed by atoms with Gasteiger partial charge in [-0.15, -0.1) is 202 Å². The molecule has 0 aliphatic rings. The van der Waals surface area contributed by atoms with E-state index in [-0.39, 0.29) is 92.0 Å². The average molecular weight is 2170 g/mol. The van der Waals surface area contributed by atoms with Crippen molar-refractivity contribution in [2.45, 2.75) is 55.4 Å². The number of carbonyl (C=O) groups is 1. The molecule has 0 saturated heterocycles. The van der Waals surface area contributed by atoms with Crippen LogP contribution in [0.15, 0.2) is 344 Å². The van der Waals surface area contributed by atoms with E-state index < -0.39 is 0 Å². The molecule has 7 heterocycles. The van der Waals surface area contributed by atoms with Gasteiger partial charge in [0.2, 0.25) is 0 Å². The summed E-state index contributed by atoms with van der Waals surface area (Å²) in [4.78, 5) is 36.6. The van der Waals surface area contributed by atoms with Crippen molar-refractivity contribution in [1.29, 1.82) is 0 Å². The molecule has 112 heavy (non-hydrogen) atoms. The van der Waals surface area contributed by atoms with Gasteiger partial charge in [-0.25, -0.2) is 0 Å². The Bertz CT molecular complexity index is 5610. The van der Waals surface area contributed by atoms with Gasteiger partial charge in [0, 0.05) is 128 Å². The summed E-state index contributed by atoms with van der Waals surface area (Å²) in [6, 6.07) is 119. The van der Waals surface area contributed by atoms with Crippen molar-refractivity contribution in [2.24, 2.45) is 0 Å². The van der Waals surface area contributed by atoms with E-state index in [1.807, 2.05) is 220 Å². The van der Waals surface area contributed by atoms with Crippen LogP contribution < -0.4 is 0 Å². The number of ketones is 1. The Balaban J connectivity index is 0.000000183. The normalized spacial score (nSPS) is 10.2. The monoisotopic (exact) mass is 2170 g/mol. The van der Waals surface area contributed by atoms with Gasteiger partial charge < -0.3 is 34.4 Å². The standard InChI is InChI=1S/C19H18N.C18H14N.C17H10NO.C17H12N.C12H10N.C11H8N.C5H8O2.4Ir/c1-12-8-13(2)10-16(9-12)18-11-15(4)19-14(3)6-5-7-17(19)20-18;1-14-7-9-15(10-8-14)17-11-12-19-18(13-17)16-5-3-2-4-6-16;1-2-7-16-13(5-1)14-11-12(8-9-17(14)19-16)15-6-3-4-10-18-15;1-3-7-14(8-4-1)16-11-12-18-17(13-16)15-9-5-2-6-10-15;1-10-7-8-12(13-9-10)11-5-3-2-4-6-11;1-2-6-10(7-3-1)11-8-4-5-9-12-11;1-4(6)3-5(2)7;;;;/h5-9,11H,1-4H3;2-5,7-13H,1H3;1-7,9-11H;1-9,11-13H;2-5,7-9H,1H3;1-6,8-9H;3,6H,1-2H3;;;;/q6*-1;;;;;. The summed E-state index contributed by atoms with van der Waals surface area (Å²) in [5.74, 6) is -0.0625. The predicted octanol–water partition coefficient (Wildman–Crippen LogP) is 24.6. The van der Waals surface area contributed by atoms with Gasteiger partial charge >= 0.3 is 0 Å². The molecule has 0 bridgehead atoms. The molecule has 4 radical (unpaired) electrons. The van der Waals surface area contributed by atoms with Crippen LogP contribution in [0.4, 0.5) is 0 Å². The Morgan fingerprint density at radius 3 is 1.36 bits per heavy atom. The van der Waals surface area contributed by atoms with Gasteiger partial charge in [-0.1, -0.05) is 164 Å². The van der Waals surface area contributed by atoms with Crippen LogP contribution in [0.1, 0.15) is 47.2 Å². The second-order valence-electron chi connectivity index (χ2n) is 25.5. The average Bonchev–Trinajstić information content (AvgIpc) is 1.70. The van der Waals surface area contributed by atoms with Gasteiger partial charge in [0.15, 0.2) is 5.78 Å². The number of hydrogen-bond donors (Lipinski definition) is 1. The van der Waals surface area contributed by atoms with Gasteiger partial charge in [-0.05, 0) is 151 Å². The first-order valence-corrected chi connectivity index (χ1v) is 35.4. The zero-order valence-electron chi connectivity index (χ0n) is 63.0. The number of carbonyl (C=O) groups excluding carboxylic acids is 1. The minimum Gasteiger partial charge on any atom is -0.512 e. The fraction of sp³-hybridized carbons (Fsp3) is 0.0808. The largest absolute Gasteiger partial charge is 0.512 e. The minimum absolute atomic E-state index is 0. The number of fused-ring (bicyclic) bond motifs is 4. The molecular weight excluding hydrogens is 2090 g/mol. The van der Waals surface area contributed by atoms with E-state index in [1.54, 1.807) is 12.4 Å². The van der Waals surface area contributed by atoms with Crippen molar-refractivity contribution < 1.29 is 94.7 Å². The Labute approximate surface area is 712 Å². The van der Waals surface area contributed by atoms with E-state index in [0.717, 1.165) is 101 Å². The molecule has 0 aliphatic carbocycles. The van der Waals surface area contributed by atoms with Crippen molar-refractivity contribution >= 4 is 38.6 Å². The van der Waals surface area contributed by atoms with Crippen molar-refractivity contribution in [3.05, 3.63) is 410 Å². The molecule has 9 nitrogen and oxygen atoms in total. The van der Waals surface area contributed by atoms with Gasteiger partial charge in [0.05, 0.1) is 16.9 Å². The third-order valence-corrected chi connectivity index (χ3v) is 16.9. The molecule has 10 aromatic carbocycles. The number of allylic oxidation sites excluding steroid dienone is 2. The fourth-order valence-electron chi connectivity index (χ4n) is 11.8. The van der Waals surface area contributed by atoms with Crippen molar-refractivity contribution in [1.82, 2.24) is 29.9 Å². The first-order chi connectivity index (χ1) is 52.7. The molecule has 0 fully saturated rings. The van der Waals surface area contributed by atoms with E-state index in [1.165, 1.54) is 75.4 Å². The van der Waals surface area contributed by atoms with Gasteiger partial charge in [0.1, 0.15) is 5.58 Å². The molecule has 1 N–H and O–H groups in total. The second-order valence-corrected chi connectivity index (χ2v) is 25.5. The summed E-state index contributed by atoms with van der Waals surface area (Å²) < 4.78 is 5.79. The van der Waals surface area contributed by atoms with E-state index in [9.17, 15) is 4.79 Å². The van der Waals surface area contributed by atoms with E-state index >= 15 is 0 Å². The van der Waals surface area contributed by atoms with E-state index in [0.29, 0.717) is 0 Å². The third-order valence-electron chi connectivity index (χ3n) is 16.9. The first-order valence-electron chi connectivity index (χ1n) is 35.4. The summed E-state index contributed by atoms with van der Waals surface area (Å²) in [5, 5.41) is 11.9. The van der Waals surface area contributed by atoms with Gasteiger partial charge in [0.25, 0.3) is 0 Å². The molecular formula is C99H80Ir4N6O3-6. The van der Waals surface area contributed by atoms with E-state index in [2.05, 4.69) is 199 Å². The smallest absolute Gasteiger partial charge is 0.155 e. The molecule has 0 atom stereocenters. The number of pyridine rings is 6. The number of aromatic nitrogens is 6.